The van der Waals surface area contributed by atoms with Crippen molar-refractivity contribution < 1.29 is 5.11 Å². The molecule has 0 spiro atoms. The molecule has 0 unspecified atom stereocenters. The molecule has 16 heavy (non-hydrogen) atoms. The first-order valence-electron chi connectivity index (χ1n) is 6.99. The van der Waals surface area contributed by atoms with Crippen molar-refractivity contribution >= 4 is 0 Å². The monoisotopic (exact) mass is 222 g/mol. The van der Waals surface area contributed by atoms with E-state index in [0.717, 1.165) is 18.3 Å². The van der Waals surface area contributed by atoms with Crippen molar-refractivity contribution in [2.75, 3.05) is 0 Å². The molecule has 0 aromatic rings. The van der Waals surface area contributed by atoms with Crippen molar-refractivity contribution in [3.63, 3.8) is 0 Å². The summed E-state index contributed by atoms with van der Waals surface area (Å²) in [4.78, 5) is 0. The summed E-state index contributed by atoms with van der Waals surface area (Å²) in [7, 11) is 0. The second kappa shape index (κ2) is 2.85. The predicted molar refractivity (Wildman–Crippen MR) is 66.1 cm³/mol. The Balaban J connectivity index is 2.02. The molecule has 0 amide bonds. The lowest BCUT2D eigenvalue weighted by Gasteiger charge is -2.46. The molecule has 0 bridgehead atoms. The molecule has 92 valence electrons. The number of rotatable bonds is 0. The first kappa shape index (κ1) is 11.1. The van der Waals surface area contributed by atoms with Crippen LogP contribution in [0.5, 0.6) is 0 Å². The number of hydrogen-bond acceptors (Lipinski definition) is 1. The Morgan fingerprint density at radius 3 is 2.25 bits per heavy atom. The summed E-state index contributed by atoms with van der Waals surface area (Å²) in [6.07, 6.45) is 6.26. The molecular weight excluding hydrogens is 196 g/mol. The fourth-order valence-corrected chi connectivity index (χ4v) is 5.85. The first-order valence-corrected chi connectivity index (χ1v) is 6.99. The highest BCUT2D eigenvalue weighted by Gasteiger charge is 2.64. The molecule has 3 aliphatic rings. The molecule has 3 rings (SSSR count). The lowest BCUT2D eigenvalue weighted by atomic mass is 9.61. The minimum atomic E-state index is -0.376. The third-order valence-electron chi connectivity index (χ3n) is 6.32. The third kappa shape index (κ3) is 1.21. The minimum absolute atomic E-state index is 0.376. The summed E-state index contributed by atoms with van der Waals surface area (Å²) in [6, 6.07) is 0. The van der Waals surface area contributed by atoms with Crippen LogP contribution in [0.1, 0.15) is 59.8 Å². The molecule has 0 radical (unpaired) electrons. The van der Waals surface area contributed by atoms with Gasteiger partial charge in [-0.25, -0.2) is 0 Å². The molecule has 0 aromatic heterocycles. The van der Waals surface area contributed by atoms with Gasteiger partial charge >= 0.3 is 0 Å². The van der Waals surface area contributed by atoms with Gasteiger partial charge in [0.25, 0.3) is 0 Å². The zero-order chi connectivity index (χ0) is 11.8. The zero-order valence-electron chi connectivity index (χ0n) is 11.2. The van der Waals surface area contributed by atoms with Gasteiger partial charge in [-0.1, -0.05) is 20.8 Å². The molecule has 1 N–H and O–H groups in total. The lowest BCUT2D eigenvalue weighted by Crippen LogP contribution is -2.46. The van der Waals surface area contributed by atoms with E-state index in [-0.39, 0.29) is 5.60 Å². The summed E-state index contributed by atoms with van der Waals surface area (Å²) in [5.74, 6) is 2.24. The van der Waals surface area contributed by atoms with Crippen LogP contribution in [0.4, 0.5) is 0 Å². The van der Waals surface area contributed by atoms with E-state index in [9.17, 15) is 5.11 Å². The molecular formula is C15H26O. The molecule has 3 saturated carbocycles. The van der Waals surface area contributed by atoms with Gasteiger partial charge in [-0.05, 0) is 67.6 Å². The van der Waals surface area contributed by atoms with E-state index in [2.05, 4.69) is 27.7 Å². The lowest BCUT2D eigenvalue weighted by molar-refractivity contribution is -0.0822. The normalized spacial score (nSPS) is 58.7. The average Bonchev–Trinajstić information content (AvgIpc) is 2.51. The zero-order valence-corrected chi connectivity index (χ0v) is 11.2. The maximum absolute atomic E-state index is 10.6. The van der Waals surface area contributed by atoms with Gasteiger partial charge in [0, 0.05) is 0 Å². The Hall–Kier alpha value is -0.0400. The van der Waals surface area contributed by atoms with Crippen LogP contribution >= 0.6 is 0 Å². The van der Waals surface area contributed by atoms with Gasteiger partial charge < -0.3 is 5.11 Å². The minimum Gasteiger partial charge on any atom is -0.390 e. The van der Waals surface area contributed by atoms with Gasteiger partial charge in [0.2, 0.25) is 0 Å². The molecule has 5 atom stereocenters. The van der Waals surface area contributed by atoms with Crippen molar-refractivity contribution in [1.82, 2.24) is 0 Å². The molecule has 0 saturated heterocycles. The van der Waals surface area contributed by atoms with E-state index in [1.807, 2.05) is 0 Å². The van der Waals surface area contributed by atoms with Crippen LogP contribution in [0.3, 0.4) is 0 Å². The summed E-state index contributed by atoms with van der Waals surface area (Å²) in [6.45, 7) is 9.49. The van der Waals surface area contributed by atoms with E-state index in [1.54, 1.807) is 0 Å². The van der Waals surface area contributed by atoms with Gasteiger partial charge in [0.05, 0.1) is 5.60 Å². The first-order chi connectivity index (χ1) is 7.26. The number of aliphatic hydroxyl groups is 1. The van der Waals surface area contributed by atoms with Crippen LogP contribution in [0.25, 0.3) is 0 Å². The molecule has 1 heteroatoms. The molecule has 3 fully saturated rings. The van der Waals surface area contributed by atoms with Crippen molar-refractivity contribution in [3.8, 4) is 0 Å². The van der Waals surface area contributed by atoms with Crippen LogP contribution in [-0.4, -0.2) is 10.7 Å². The second-order valence-corrected chi connectivity index (χ2v) is 7.99. The fraction of sp³-hybridized carbons (Fsp3) is 1.00. The van der Waals surface area contributed by atoms with E-state index in [0.29, 0.717) is 16.7 Å². The Labute approximate surface area is 99.6 Å². The van der Waals surface area contributed by atoms with Crippen LogP contribution in [-0.2, 0) is 0 Å². The maximum Gasteiger partial charge on any atom is 0.0650 e. The van der Waals surface area contributed by atoms with E-state index in [1.165, 1.54) is 25.7 Å². The van der Waals surface area contributed by atoms with Gasteiger partial charge in [-0.3, -0.25) is 0 Å². The van der Waals surface area contributed by atoms with Crippen molar-refractivity contribution in [1.29, 1.82) is 0 Å². The van der Waals surface area contributed by atoms with Crippen LogP contribution in [0.15, 0.2) is 0 Å². The van der Waals surface area contributed by atoms with E-state index < -0.39 is 0 Å². The Kier molecular flexibility index (Phi) is 1.98. The quantitative estimate of drug-likeness (QED) is 0.664. The standard InChI is InChI=1S/C15H26O/c1-13(2)9-14(3)7-5-11-12(14)10(13)6-8-15(11,4)16/h10-12,16H,5-9H2,1-4H3/t10-,11+,12+,14+,15-/m0/s1. The largest absolute Gasteiger partial charge is 0.390 e. The maximum atomic E-state index is 10.6. The molecule has 0 aromatic carbocycles. The highest BCUT2D eigenvalue weighted by Crippen LogP contribution is 2.70. The van der Waals surface area contributed by atoms with Gasteiger partial charge in [-0.2, -0.15) is 0 Å². The Morgan fingerprint density at radius 1 is 0.938 bits per heavy atom. The Morgan fingerprint density at radius 2 is 1.56 bits per heavy atom. The molecule has 3 aliphatic carbocycles. The topological polar surface area (TPSA) is 20.2 Å². The predicted octanol–water partition coefficient (Wildman–Crippen LogP) is 3.61. The summed E-state index contributed by atoms with van der Waals surface area (Å²) < 4.78 is 0. The highest BCUT2D eigenvalue weighted by atomic mass is 16.3. The average molecular weight is 222 g/mol. The second-order valence-electron chi connectivity index (χ2n) is 7.99. The van der Waals surface area contributed by atoms with Gasteiger partial charge in [0.15, 0.2) is 0 Å². The Bertz CT molecular complexity index is 315. The van der Waals surface area contributed by atoms with Crippen LogP contribution < -0.4 is 0 Å². The van der Waals surface area contributed by atoms with E-state index in [4.69, 9.17) is 0 Å². The highest BCUT2D eigenvalue weighted by molar-refractivity contribution is 5.13. The fourth-order valence-electron chi connectivity index (χ4n) is 5.85. The SMILES string of the molecule is CC1(C)C[C@@]2(C)CC[C@@H]3[C@H]2[C@@H]1CC[C@]3(C)O. The van der Waals surface area contributed by atoms with Crippen molar-refractivity contribution in [2.24, 2.45) is 28.6 Å². The smallest absolute Gasteiger partial charge is 0.0650 e. The summed E-state index contributed by atoms with van der Waals surface area (Å²) in [5, 5.41) is 10.6. The van der Waals surface area contributed by atoms with Crippen molar-refractivity contribution in [2.45, 2.75) is 65.4 Å². The van der Waals surface area contributed by atoms with Crippen LogP contribution in [0, 0.1) is 28.6 Å². The number of hydrogen-bond donors (Lipinski definition) is 1. The third-order valence-corrected chi connectivity index (χ3v) is 6.32. The van der Waals surface area contributed by atoms with Crippen LogP contribution in [0.2, 0.25) is 0 Å². The summed E-state index contributed by atoms with van der Waals surface area (Å²) >= 11 is 0. The van der Waals surface area contributed by atoms with Gasteiger partial charge in [-0.15, -0.1) is 0 Å². The van der Waals surface area contributed by atoms with E-state index >= 15 is 0 Å². The molecule has 0 aliphatic heterocycles. The summed E-state index contributed by atoms with van der Waals surface area (Å²) in [5.41, 5.74) is 0.664. The van der Waals surface area contributed by atoms with Crippen molar-refractivity contribution in [3.05, 3.63) is 0 Å². The van der Waals surface area contributed by atoms with Gasteiger partial charge in [0.1, 0.15) is 0 Å². The molecule has 0 heterocycles. The molecule has 1 nitrogen and oxygen atoms in total.